The molecule has 0 fully saturated rings. The number of nitrogens with one attached hydrogen (secondary N) is 1. The standard InChI is InChI=1S/C15H16FN3O/c1-2-19(11-12-7-9-17-10-8-12)15(20)18-14-5-3-13(16)4-6-14/h3-10H,2,11H2,1H3,(H,18,20). The Kier molecular flexibility index (Phi) is 4.65. The fourth-order valence-corrected chi connectivity index (χ4v) is 1.77. The number of rotatable bonds is 4. The minimum atomic E-state index is -0.327. The van der Waals surface area contributed by atoms with Crippen LogP contribution in [0.15, 0.2) is 48.8 Å². The molecule has 1 aromatic heterocycles. The summed E-state index contributed by atoms with van der Waals surface area (Å²) in [6, 6.07) is 9.22. The van der Waals surface area contributed by atoms with Crippen LogP contribution in [0.1, 0.15) is 12.5 Å². The number of hydrogen-bond donors (Lipinski definition) is 1. The van der Waals surface area contributed by atoms with E-state index in [9.17, 15) is 9.18 Å². The molecule has 4 nitrogen and oxygen atoms in total. The highest BCUT2D eigenvalue weighted by molar-refractivity contribution is 5.89. The molecular formula is C15H16FN3O. The van der Waals surface area contributed by atoms with Crippen LogP contribution in [0.2, 0.25) is 0 Å². The smallest absolute Gasteiger partial charge is 0.320 e. The van der Waals surface area contributed by atoms with Crippen LogP contribution in [0, 0.1) is 5.82 Å². The molecule has 1 heterocycles. The van der Waals surface area contributed by atoms with Gasteiger partial charge in [0.25, 0.3) is 0 Å². The molecule has 0 saturated carbocycles. The predicted molar refractivity (Wildman–Crippen MR) is 75.7 cm³/mol. The number of hydrogen-bond acceptors (Lipinski definition) is 2. The largest absolute Gasteiger partial charge is 0.322 e. The predicted octanol–water partition coefficient (Wildman–Crippen LogP) is 3.27. The number of anilines is 1. The van der Waals surface area contributed by atoms with Crippen molar-refractivity contribution in [3.63, 3.8) is 0 Å². The summed E-state index contributed by atoms with van der Waals surface area (Å²) in [5.74, 6) is -0.327. The minimum Gasteiger partial charge on any atom is -0.320 e. The molecule has 20 heavy (non-hydrogen) atoms. The molecule has 0 aliphatic rings. The number of urea groups is 1. The van der Waals surface area contributed by atoms with E-state index in [1.54, 1.807) is 17.3 Å². The van der Waals surface area contributed by atoms with Gasteiger partial charge in [-0.3, -0.25) is 4.98 Å². The van der Waals surface area contributed by atoms with Crippen LogP contribution in [0.25, 0.3) is 0 Å². The molecular weight excluding hydrogens is 257 g/mol. The Labute approximate surface area is 117 Å². The van der Waals surface area contributed by atoms with Crippen molar-refractivity contribution >= 4 is 11.7 Å². The summed E-state index contributed by atoms with van der Waals surface area (Å²) in [6.45, 7) is 2.99. The molecule has 2 rings (SSSR count). The van der Waals surface area contributed by atoms with E-state index in [0.29, 0.717) is 18.8 Å². The first-order valence-electron chi connectivity index (χ1n) is 6.39. The Hall–Kier alpha value is -2.43. The fraction of sp³-hybridized carbons (Fsp3) is 0.200. The Morgan fingerprint density at radius 3 is 2.45 bits per heavy atom. The van der Waals surface area contributed by atoms with Gasteiger partial charge in [-0.25, -0.2) is 9.18 Å². The molecule has 0 saturated heterocycles. The summed E-state index contributed by atoms with van der Waals surface area (Å²) in [4.78, 5) is 17.7. The number of carbonyl (C=O) groups is 1. The second-order valence-corrected chi connectivity index (χ2v) is 4.31. The zero-order chi connectivity index (χ0) is 14.4. The number of halogens is 1. The van der Waals surface area contributed by atoms with E-state index in [-0.39, 0.29) is 11.8 Å². The first-order valence-corrected chi connectivity index (χ1v) is 6.39. The van der Waals surface area contributed by atoms with Crippen molar-refractivity contribution in [1.29, 1.82) is 0 Å². The topological polar surface area (TPSA) is 45.2 Å². The second-order valence-electron chi connectivity index (χ2n) is 4.31. The van der Waals surface area contributed by atoms with E-state index in [1.807, 2.05) is 19.1 Å². The van der Waals surface area contributed by atoms with E-state index in [0.717, 1.165) is 5.56 Å². The maximum absolute atomic E-state index is 12.8. The van der Waals surface area contributed by atoms with Crippen molar-refractivity contribution in [3.05, 3.63) is 60.2 Å². The van der Waals surface area contributed by atoms with E-state index in [1.165, 1.54) is 24.3 Å². The normalized spacial score (nSPS) is 10.1. The molecule has 0 bridgehead atoms. The summed E-state index contributed by atoms with van der Waals surface area (Å²) in [6.07, 6.45) is 3.39. The maximum Gasteiger partial charge on any atom is 0.322 e. The number of aromatic nitrogens is 1. The van der Waals surface area contributed by atoms with Gasteiger partial charge < -0.3 is 10.2 Å². The number of carbonyl (C=O) groups excluding carboxylic acids is 1. The van der Waals surface area contributed by atoms with Crippen LogP contribution in [0.3, 0.4) is 0 Å². The molecule has 104 valence electrons. The monoisotopic (exact) mass is 273 g/mol. The number of amides is 2. The van der Waals surface area contributed by atoms with Crippen molar-refractivity contribution in [2.75, 3.05) is 11.9 Å². The lowest BCUT2D eigenvalue weighted by Crippen LogP contribution is -2.34. The van der Waals surface area contributed by atoms with Crippen molar-refractivity contribution < 1.29 is 9.18 Å². The number of pyridine rings is 1. The Morgan fingerprint density at radius 1 is 1.20 bits per heavy atom. The number of nitrogens with zero attached hydrogens (tertiary/aromatic N) is 2. The van der Waals surface area contributed by atoms with Crippen LogP contribution in [-0.4, -0.2) is 22.5 Å². The third kappa shape index (κ3) is 3.78. The molecule has 0 aliphatic carbocycles. The van der Waals surface area contributed by atoms with Crippen LogP contribution in [0.5, 0.6) is 0 Å². The van der Waals surface area contributed by atoms with Gasteiger partial charge in [0.05, 0.1) is 0 Å². The van der Waals surface area contributed by atoms with Crippen molar-refractivity contribution in [2.45, 2.75) is 13.5 Å². The fourth-order valence-electron chi connectivity index (χ4n) is 1.77. The van der Waals surface area contributed by atoms with Gasteiger partial charge in [0, 0.05) is 31.2 Å². The summed E-state index contributed by atoms with van der Waals surface area (Å²) in [5, 5.41) is 2.75. The SMILES string of the molecule is CCN(Cc1ccncc1)C(=O)Nc1ccc(F)cc1. The summed E-state index contributed by atoms with van der Waals surface area (Å²) >= 11 is 0. The van der Waals surface area contributed by atoms with Crippen molar-refractivity contribution in [2.24, 2.45) is 0 Å². The van der Waals surface area contributed by atoms with Gasteiger partial charge >= 0.3 is 6.03 Å². The zero-order valence-electron chi connectivity index (χ0n) is 11.2. The van der Waals surface area contributed by atoms with Gasteiger partial charge in [0.2, 0.25) is 0 Å². The molecule has 0 spiro atoms. The average molecular weight is 273 g/mol. The van der Waals surface area contributed by atoms with E-state index in [4.69, 9.17) is 0 Å². The minimum absolute atomic E-state index is 0.212. The highest BCUT2D eigenvalue weighted by atomic mass is 19.1. The van der Waals surface area contributed by atoms with Crippen LogP contribution >= 0.6 is 0 Å². The molecule has 5 heteroatoms. The van der Waals surface area contributed by atoms with Crippen molar-refractivity contribution in [3.8, 4) is 0 Å². The van der Waals surface area contributed by atoms with E-state index in [2.05, 4.69) is 10.3 Å². The summed E-state index contributed by atoms with van der Waals surface area (Å²) in [7, 11) is 0. The van der Waals surface area contributed by atoms with Gasteiger partial charge in [-0.15, -0.1) is 0 Å². The third-order valence-corrected chi connectivity index (χ3v) is 2.89. The summed E-state index contributed by atoms with van der Waals surface area (Å²) < 4.78 is 12.8. The first kappa shape index (κ1) is 14.0. The quantitative estimate of drug-likeness (QED) is 0.929. The van der Waals surface area contributed by atoms with E-state index < -0.39 is 0 Å². The van der Waals surface area contributed by atoms with Gasteiger partial charge in [-0.2, -0.15) is 0 Å². The average Bonchev–Trinajstić information content (AvgIpc) is 2.48. The van der Waals surface area contributed by atoms with E-state index >= 15 is 0 Å². The zero-order valence-corrected chi connectivity index (χ0v) is 11.2. The van der Waals surface area contributed by atoms with Crippen molar-refractivity contribution in [1.82, 2.24) is 9.88 Å². The first-order chi connectivity index (χ1) is 9.69. The molecule has 0 aliphatic heterocycles. The van der Waals surface area contributed by atoms with Gasteiger partial charge in [0.1, 0.15) is 5.82 Å². The molecule has 0 atom stereocenters. The van der Waals surface area contributed by atoms with Crippen LogP contribution in [-0.2, 0) is 6.54 Å². The lowest BCUT2D eigenvalue weighted by molar-refractivity contribution is 0.212. The molecule has 2 aromatic rings. The lowest BCUT2D eigenvalue weighted by atomic mass is 10.2. The Balaban J connectivity index is 2.00. The third-order valence-electron chi connectivity index (χ3n) is 2.89. The molecule has 1 N–H and O–H groups in total. The Morgan fingerprint density at radius 2 is 1.85 bits per heavy atom. The van der Waals surface area contributed by atoms with Gasteiger partial charge in [-0.1, -0.05) is 0 Å². The van der Waals surface area contributed by atoms with Crippen LogP contribution in [0.4, 0.5) is 14.9 Å². The van der Waals surface area contributed by atoms with Crippen LogP contribution < -0.4 is 5.32 Å². The molecule has 0 unspecified atom stereocenters. The van der Waals surface area contributed by atoms with Gasteiger partial charge in [-0.05, 0) is 48.9 Å². The lowest BCUT2D eigenvalue weighted by Gasteiger charge is -2.21. The number of benzene rings is 1. The molecule has 1 aromatic carbocycles. The van der Waals surface area contributed by atoms with Gasteiger partial charge in [0.15, 0.2) is 0 Å². The second kappa shape index (κ2) is 6.65. The maximum atomic E-state index is 12.8. The Bertz CT molecular complexity index is 557. The highest BCUT2D eigenvalue weighted by Crippen LogP contribution is 2.10. The summed E-state index contributed by atoms with van der Waals surface area (Å²) in [5.41, 5.74) is 1.58. The molecule has 2 amide bonds. The highest BCUT2D eigenvalue weighted by Gasteiger charge is 2.12. The molecule has 0 radical (unpaired) electrons.